The topological polar surface area (TPSA) is 66.9 Å². The molecule has 0 radical (unpaired) electrons. The van der Waals surface area contributed by atoms with Gasteiger partial charge >= 0.3 is 6.03 Å². The van der Waals surface area contributed by atoms with Crippen LogP contribution in [0.3, 0.4) is 0 Å². The van der Waals surface area contributed by atoms with Crippen molar-refractivity contribution in [2.75, 3.05) is 51.8 Å². The SMILES string of the molecule is COc1ccc(OCCN2CCN(C(=O)Nc3cccnc3)CC2)cc1. The first-order valence-corrected chi connectivity index (χ1v) is 8.70. The lowest BCUT2D eigenvalue weighted by Gasteiger charge is -2.34. The van der Waals surface area contributed by atoms with E-state index in [1.807, 2.05) is 35.2 Å². The van der Waals surface area contributed by atoms with Crippen molar-refractivity contribution in [1.29, 1.82) is 0 Å². The van der Waals surface area contributed by atoms with Crippen molar-refractivity contribution in [1.82, 2.24) is 14.8 Å². The van der Waals surface area contributed by atoms with Crippen LogP contribution < -0.4 is 14.8 Å². The van der Waals surface area contributed by atoms with Gasteiger partial charge in [-0.15, -0.1) is 0 Å². The van der Waals surface area contributed by atoms with Gasteiger partial charge in [0.05, 0.1) is 19.0 Å². The third kappa shape index (κ3) is 5.10. The number of anilines is 1. The summed E-state index contributed by atoms with van der Waals surface area (Å²) >= 11 is 0. The molecule has 0 aliphatic carbocycles. The lowest BCUT2D eigenvalue weighted by molar-refractivity contribution is 0.132. The predicted molar refractivity (Wildman–Crippen MR) is 99.8 cm³/mol. The average molecular weight is 356 g/mol. The fourth-order valence-corrected chi connectivity index (χ4v) is 2.78. The highest BCUT2D eigenvalue weighted by atomic mass is 16.5. The van der Waals surface area contributed by atoms with E-state index in [9.17, 15) is 4.79 Å². The molecule has 1 aromatic heterocycles. The van der Waals surface area contributed by atoms with Crippen LogP contribution in [0.4, 0.5) is 10.5 Å². The molecule has 0 unspecified atom stereocenters. The van der Waals surface area contributed by atoms with Crippen molar-refractivity contribution in [2.24, 2.45) is 0 Å². The van der Waals surface area contributed by atoms with E-state index in [2.05, 4.69) is 15.2 Å². The first-order chi connectivity index (χ1) is 12.7. The number of aromatic nitrogens is 1. The standard InChI is InChI=1S/C19H24N4O3/c1-25-17-4-6-18(7-5-17)26-14-13-22-9-11-23(12-10-22)19(24)21-16-3-2-8-20-15-16/h2-8,15H,9-14H2,1H3,(H,21,24). The number of nitrogens with zero attached hydrogens (tertiary/aromatic N) is 3. The van der Waals surface area contributed by atoms with E-state index in [1.165, 1.54) is 0 Å². The molecule has 2 heterocycles. The quantitative estimate of drug-likeness (QED) is 0.860. The molecule has 7 heteroatoms. The monoisotopic (exact) mass is 356 g/mol. The number of carbonyl (C=O) groups excluding carboxylic acids is 1. The van der Waals surface area contributed by atoms with Crippen LogP contribution in [0.5, 0.6) is 11.5 Å². The Kier molecular flexibility index (Phi) is 6.27. The van der Waals surface area contributed by atoms with Gasteiger partial charge in [0.2, 0.25) is 0 Å². The fourth-order valence-electron chi connectivity index (χ4n) is 2.78. The Morgan fingerprint density at radius 3 is 2.50 bits per heavy atom. The van der Waals surface area contributed by atoms with Gasteiger partial charge in [-0.1, -0.05) is 0 Å². The zero-order valence-electron chi connectivity index (χ0n) is 14.9. The molecule has 138 valence electrons. The highest BCUT2D eigenvalue weighted by Crippen LogP contribution is 2.17. The van der Waals surface area contributed by atoms with Gasteiger partial charge in [0.25, 0.3) is 0 Å². The van der Waals surface area contributed by atoms with Crippen molar-refractivity contribution in [3.63, 3.8) is 0 Å². The Bertz CT molecular complexity index is 686. The van der Waals surface area contributed by atoms with Crippen LogP contribution >= 0.6 is 0 Å². The molecule has 2 aromatic rings. The maximum atomic E-state index is 12.3. The van der Waals surface area contributed by atoms with E-state index in [0.717, 1.165) is 31.1 Å². The minimum Gasteiger partial charge on any atom is -0.497 e. The van der Waals surface area contributed by atoms with Crippen LogP contribution in [0.15, 0.2) is 48.8 Å². The van der Waals surface area contributed by atoms with Crippen LogP contribution in [0, 0.1) is 0 Å². The molecule has 0 saturated carbocycles. The Morgan fingerprint density at radius 1 is 1.12 bits per heavy atom. The second-order valence-electron chi connectivity index (χ2n) is 6.02. The summed E-state index contributed by atoms with van der Waals surface area (Å²) in [6.45, 7) is 4.54. The van der Waals surface area contributed by atoms with Gasteiger partial charge in [-0.25, -0.2) is 4.79 Å². The van der Waals surface area contributed by atoms with E-state index >= 15 is 0 Å². The van der Waals surface area contributed by atoms with Crippen LogP contribution in [0.1, 0.15) is 0 Å². The molecule has 3 rings (SSSR count). The van der Waals surface area contributed by atoms with Crippen molar-refractivity contribution >= 4 is 11.7 Å². The smallest absolute Gasteiger partial charge is 0.321 e. The third-order valence-corrected chi connectivity index (χ3v) is 4.31. The third-order valence-electron chi connectivity index (χ3n) is 4.31. The van der Waals surface area contributed by atoms with Crippen LogP contribution in [0.25, 0.3) is 0 Å². The minimum absolute atomic E-state index is 0.0767. The molecule has 2 amide bonds. The zero-order valence-corrected chi connectivity index (χ0v) is 14.9. The van der Waals surface area contributed by atoms with Crippen LogP contribution in [-0.2, 0) is 0 Å². The van der Waals surface area contributed by atoms with Gasteiger partial charge in [0.1, 0.15) is 18.1 Å². The fraction of sp³-hybridized carbons (Fsp3) is 0.368. The van der Waals surface area contributed by atoms with Gasteiger partial charge in [-0.05, 0) is 36.4 Å². The number of benzene rings is 1. The molecule has 1 N–H and O–H groups in total. The average Bonchev–Trinajstić information content (AvgIpc) is 2.70. The molecule has 26 heavy (non-hydrogen) atoms. The summed E-state index contributed by atoms with van der Waals surface area (Å²) in [6.07, 6.45) is 3.33. The Balaban J connectivity index is 1.36. The number of ether oxygens (including phenoxy) is 2. The van der Waals surface area contributed by atoms with E-state index in [-0.39, 0.29) is 6.03 Å². The summed E-state index contributed by atoms with van der Waals surface area (Å²) < 4.78 is 10.9. The molecule has 0 atom stereocenters. The van der Waals surface area contributed by atoms with E-state index in [0.29, 0.717) is 25.4 Å². The van der Waals surface area contributed by atoms with Crippen molar-refractivity contribution in [3.05, 3.63) is 48.8 Å². The number of hydrogen-bond acceptors (Lipinski definition) is 5. The highest BCUT2D eigenvalue weighted by Gasteiger charge is 2.20. The number of methoxy groups -OCH3 is 1. The number of carbonyl (C=O) groups is 1. The van der Waals surface area contributed by atoms with E-state index in [1.54, 1.807) is 25.6 Å². The summed E-state index contributed by atoms with van der Waals surface area (Å²) in [7, 11) is 1.65. The lowest BCUT2D eigenvalue weighted by Crippen LogP contribution is -2.50. The van der Waals surface area contributed by atoms with Gasteiger partial charge < -0.3 is 19.7 Å². The number of pyridine rings is 1. The summed E-state index contributed by atoms with van der Waals surface area (Å²) in [4.78, 5) is 20.4. The van der Waals surface area contributed by atoms with Crippen molar-refractivity contribution in [2.45, 2.75) is 0 Å². The number of nitrogens with one attached hydrogen (secondary N) is 1. The number of amides is 2. The van der Waals surface area contributed by atoms with Gasteiger partial charge in [-0.2, -0.15) is 0 Å². The molecule has 7 nitrogen and oxygen atoms in total. The van der Waals surface area contributed by atoms with Gasteiger partial charge in [0.15, 0.2) is 0 Å². The Morgan fingerprint density at radius 2 is 1.85 bits per heavy atom. The molecule has 1 fully saturated rings. The van der Waals surface area contributed by atoms with Crippen molar-refractivity contribution in [3.8, 4) is 11.5 Å². The minimum atomic E-state index is -0.0767. The number of hydrogen-bond donors (Lipinski definition) is 1. The Hall–Kier alpha value is -2.80. The summed E-state index contributed by atoms with van der Waals surface area (Å²) in [5.74, 6) is 1.65. The normalized spacial score (nSPS) is 14.7. The number of urea groups is 1. The lowest BCUT2D eigenvalue weighted by atomic mass is 10.3. The first kappa shape index (κ1) is 18.0. The van der Waals surface area contributed by atoms with Gasteiger partial charge in [0, 0.05) is 38.9 Å². The number of rotatable bonds is 6. The maximum Gasteiger partial charge on any atom is 0.321 e. The predicted octanol–water partition coefficient (Wildman–Crippen LogP) is 2.32. The molecule has 1 aromatic carbocycles. The second kappa shape index (κ2) is 9.05. The molecular formula is C19H24N4O3. The highest BCUT2D eigenvalue weighted by molar-refractivity contribution is 5.89. The zero-order chi connectivity index (χ0) is 18.2. The molecule has 1 aliphatic heterocycles. The number of piperazine rings is 1. The molecule has 0 bridgehead atoms. The molecule has 0 spiro atoms. The largest absolute Gasteiger partial charge is 0.497 e. The van der Waals surface area contributed by atoms with Crippen LogP contribution in [-0.4, -0.2) is 67.3 Å². The molecule has 1 aliphatic rings. The molecular weight excluding hydrogens is 332 g/mol. The van der Waals surface area contributed by atoms with Crippen LogP contribution in [0.2, 0.25) is 0 Å². The first-order valence-electron chi connectivity index (χ1n) is 8.70. The summed E-state index contributed by atoms with van der Waals surface area (Å²) in [5.41, 5.74) is 0.716. The molecule has 1 saturated heterocycles. The van der Waals surface area contributed by atoms with Crippen molar-refractivity contribution < 1.29 is 14.3 Å². The maximum absolute atomic E-state index is 12.3. The van der Waals surface area contributed by atoms with Gasteiger partial charge in [-0.3, -0.25) is 9.88 Å². The summed E-state index contributed by atoms with van der Waals surface area (Å²) in [5, 5.41) is 2.87. The summed E-state index contributed by atoms with van der Waals surface area (Å²) in [6, 6.07) is 11.1. The van der Waals surface area contributed by atoms with E-state index in [4.69, 9.17) is 9.47 Å². The Labute approximate surface area is 153 Å². The van der Waals surface area contributed by atoms with E-state index < -0.39 is 0 Å². The second-order valence-corrected chi connectivity index (χ2v) is 6.02.